The predicted molar refractivity (Wildman–Crippen MR) is 110 cm³/mol. The summed E-state index contributed by atoms with van der Waals surface area (Å²) in [6.45, 7) is 2.02. The monoisotopic (exact) mass is 457 g/mol. The second kappa shape index (κ2) is 9.37. The molecule has 0 fully saturated rings. The van der Waals surface area contributed by atoms with Crippen molar-refractivity contribution in [3.05, 3.63) is 56.5 Å². The molecule has 0 atom stereocenters. The van der Waals surface area contributed by atoms with Crippen LogP contribution in [0.15, 0.2) is 40.9 Å². The largest absolute Gasteiger partial charge is 0.325 e. The van der Waals surface area contributed by atoms with Crippen molar-refractivity contribution in [2.45, 2.75) is 6.92 Å². The number of anilines is 2. The molecule has 0 aliphatic heterocycles. The number of halogens is 3. The molecule has 138 valence electrons. The standard InChI is InChI=1S/C18H18BrCl2N3O2/c1-11-8-12(19)6-7-14(11)22-16(25)9-24(2)10-17(26)23-15-5-3-4-13(20)18(15)21/h3-8H,9-10H2,1-2H3,(H,22,25)(H,23,26). The van der Waals surface area contributed by atoms with Crippen molar-refractivity contribution in [1.29, 1.82) is 0 Å². The van der Waals surface area contributed by atoms with Gasteiger partial charge in [0.15, 0.2) is 0 Å². The van der Waals surface area contributed by atoms with Gasteiger partial charge in [0, 0.05) is 10.2 Å². The molecule has 2 amide bonds. The molecule has 26 heavy (non-hydrogen) atoms. The molecule has 2 aromatic rings. The number of rotatable bonds is 6. The van der Waals surface area contributed by atoms with E-state index in [-0.39, 0.29) is 29.9 Å². The van der Waals surface area contributed by atoms with Crippen LogP contribution in [0.5, 0.6) is 0 Å². The summed E-state index contributed by atoms with van der Waals surface area (Å²) in [6.07, 6.45) is 0. The summed E-state index contributed by atoms with van der Waals surface area (Å²) in [4.78, 5) is 25.9. The van der Waals surface area contributed by atoms with Gasteiger partial charge in [-0.3, -0.25) is 14.5 Å². The summed E-state index contributed by atoms with van der Waals surface area (Å²) in [7, 11) is 1.69. The van der Waals surface area contributed by atoms with E-state index in [0.29, 0.717) is 10.7 Å². The molecule has 0 aliphatic carbocycles. The van der Waals surface area contributed by atoms with Gasteiger partial charge >= 0.3 is 0 Å². The van der Waals surface area contributed by atoms with E-state index in [9.17, 15) is 9.59 Å². The minimum atomic E-state index is -0.288. The van der Waals surface area contributed by atoms with Crippen LogP contribution in [0.25, 0.3) is 0 Å². The highest BCUT2D eigenvalue weighted by Crippen LogP contribution is 2.29. The summed E-state index contributed by atoms with van der Waals surface area (Å²) in [6, 6.07) is 10.6. The first-order valence-electron chi connectivity index (χ1n) is 7.74. The van der Waals surface area contributed by atoms with Crippen LogP contribution in [0, 0.1) is 6.92 Å². The van der Waals surface area contributed by atoms with E-state index >= 15 is 0 Å². The van der Waals surface area contributed by atoms with E-state index in [1.807, 2.05) is 25.1 Å². The zero-order chi connectivity index (χ0) is 19.3. The van der Waals surface area contributed by atoms with Crippen molar-refractivity contribution >= 4 is 62.3 Å². The van der Waals surface area contributed by atoms with E-state index in [4.69, 9.17) is 23.2 Å². The highest BCUT2D eigenvalue weighted by molar-refractivity contribution is 9.10. The molecule has 2 N–H and O–H groups in total. The third-order valence-corrected chi connectivity index (χ3v) is 4.83. The summed E-state index contributed by atoms with van der Waals surface area (Å²) >= 11 is 15.4. The van der Waals surface area contributed by atoms with Gasteiger partial charge in [-0.15, -0.1) is 0 Å². The zero-order valence-corrected chi connectivity index (χ0v) is 17.4. The number of carbonyl (C=O) groups is 2. The first kappa shape index (κ1) is 20.7. The van der Waals surface area contributed by atoms with Gasteiger partial charge in [0.2, 0.25) is 11.8 Å². The Kier molecular flexibility index (Phi) is 7.46. The average Bonchev–Trinajstić information content (AvgIpc) is 2.54. The highest BCUT2D eigenvalue weighted by Gasteiger charge is 2.13. The van der Waals surface area contributed by atoms with Gasteiger partial charge in [0.1, 0.15) is 0 Å². The molecule has 0 aliphatic rings. The molecule has 0 bridgehead atoms. The van der Waals surface area contributed by atoms with Gasteiger partial charge in [-0.25, -0.2) is 0 Å². The first-order valence-corrected chi connectivity index (χ1v) is 9.29. The van der Waals surface area contributed by atoms with Crippen molar-refractivity contribution < 1.29 is 9.59 Å². The van der Waals surface area contributed by atoms with E-state index in [1.165, 1.54) is 0 Å². The minimum Gasteiger partial charge on any atom is -0.325 e. The number of carbonyl (C=O) groups excluding carboxylic acids is 2. The molecule has 0 saturated heterocycles. The number of hydrogen-bond donors (Lipinski definition) is 2. The quantitative estimate of drug-likeness (QED) is 0.666. The van der Waals surface area contributed by atoms with Gasteiger partial charge in [0.05, 0.1) is 28.8 Å². The van der Waals surface area contributed by atoms with E-state index in [1.54, 1.807) is 30.1 Å². The van der Waals surface area contributed by atoms with Gasteiger partial charge in [0.25, 0.3) is 0 Å². The molecule has 8 heteroatoms. The number of hydrogen-bond acceptors (Lipinski definition) is 3. The van der Waals surface area contributed by atoms with Crippen LogP contribution < -0.4 is 10.6 Å². The molecule has 2 aromatic carbocycles. The molecule has 0 radical (unpaired) electrons. The van der Waals surface area contributed by atoms with Crippen molar-refractivity contribution in [2.24, 2.45) is 0 Å². The lowest BCUT2D eigenvalue weighted by atomic mass is 10.2. The van der Waals surface area contributed by atoms with E-state index < -0.39 is 0 Å². The van der Waals surface area contributed by atoms with Gasteiger partial charge in [-0.2, -0.15) is 0 Å². The summed E-state index contributed by atoms with van der Waals surface area (Å²) in [5.74, 6) is -0.490. The fraction of sp³-hybridized carbons (Fsp3) is 0.222. The van der Waals surface area contributed by atoms with Crippen LogP contribution in [0.1, 0.15) is 5.56 Å². The van der Waals surface area contributed by atoms with Gasteiger partial charge in [-0.05, 0) is 49.9 Å². The Bertz CT molecular complexity index is 830. The van der Waals surface area contributed by atoms with Crippen LogP contribution in [0.4, 0.5) is 11.4 Å². The Labute approximate surface area is 170 Å². The molecule has 0 aromatic heterocycles. The Morgan fingerprint density at radius 1 is 1.04 bits per heavy atom. The number of benzene rings is 2. The molecule has 0 saturated carbocycles. The first-order chi connectivity index (χ1) is 12.3. The molecular formula is C18H18BrCl2N3O2. The summed E-state index contributed by atoms with van der Waals surface area (Å²) < 4.78 is 0.946. The van der Waals surface area contributed by atoms with Crippen molar-refractivity contribution in [3.8, 4) is 0 Å². The third kappa shape index (κ3) is 5.99. The maximum Gasteiger partial charge on any atom is 0.238 e. The zero-order valence-electron chi connectivity index (χ0n) is 14.3. The fourth-order valence-corrected chi connectivity index (χ4v) is 3.12. The topological polar surface area (TPSA) is 61.4 Å². The van der Waals surface area contributed by atoms with Gasteiger partial charge in [-0.1, -0.05) is 45.2 Å². The van der Waals surface area contributed by atoms with Crippen LogP contribution in [-0.2, 0) is 9.59 Å². The van der Waals surface area contributed by atoms with Crippen LogP contribution in [0.2, 0.25) is 10.0 Å². The third-order valence-electron chi connectivity index (χ3n) is 3.52. The second-order valence-corrected chi connectivity index (χ2v) is 7.53. The summed E-state index contributed by atoms with van der Waals surface area (Å²) in [5, 5.41) is 6.17. The van der Waals surface area contributed by atoms with Crippen LogP contribution in [-0.4, -0.2) is 36.9 Å². The molecule has 0 heterocycles. The number of aryl methyl sites for hydroxylation is 1. The lowest BCUT2D eigenvalue weighted by Crippen LogP contribution is -2.36. The molecule has 0 unspecified atom stereocenters. The Balaban J connectivity index is 1.87. The van der Waals surface area contributed by atoms with Gasteiger partial charge < -0.3 is 10.6 Å². The predicted octanol–water partition coefficient (Wildman–Crippen LogP) is 4.57. The Hall–Kier alpha value is -1.60. The van der Waals surface area contributed by atoms with Crippen molar-refractivity contribution in [3.63, 3.8) is 0 Å². The number of amides is 2. The van der Waals surface area contributed by atoms with Crippen LogP contribution in [0.3, 0.4) is 0 Å². The number of nitrogens with zero attached hydrogens (tertiary/aromatic N) is 1. The SMILES string of the molecule is Cc1cc(Br)ccc1NC(=O)CN(C)CC(=O)Nc1cccc(Cl)c1Cl. The lowest BCUT2D eigenvalue weighted by molar-refractivity contribution is -0.119. The van der Waals surface area contributed by atoms with Crippen molar-refractivity contribution in [2.75, 3.05) is 30.8 Å². The summed E-state index contributed by atoms with van der Waals surface area (Å²) in [5.41, 5.74) is 2.12. The molecule has 5 nitrogen and oxygen atoms in total. The average molecular weight is 459 g/mol. The van der Waals surface area contributed by atoms with E-state index in [0.717, 1.165) is 15.7 Å². The minimum absolute atomic E-state index is 0.0373. The molecule has 0 spiro atoms. The Morgan fingerprint density at radius 3 is 2.27 bits per heavy atom. The molecule has 2 rings (SSSR count). The lowest BCUT2D eigenvalue weighted by Gasteiger charge is -2.17. The number of likely N-dealkylation sites (N-methyl/N-ethyl adjacent to an activating group) is 1. The second-order valence-electron chi connectivity index (χ2n) is 5.83. The van der Waals surface area contributed by atoms with E-state index in [2.05, 4.69) is 26.6 Å². The van der Waals surface area contributed by atoms with Crippen molar-refractivity contribution in [1.82, 2.24) is 4.90 Å². The fourth-order valence-electron chi connectivity index (χ4n) is 2.29. The smallest absolute Gasteiger partial charge is 0.238 e. The maximum absolute atomic E-state index is 12.2. The Morgan fingerprint density at radius 2 is 1.65 bits per heavy atom. The molecular weight excluding hydrogens is 441 g/mol. The number of nitrogens with one attached hydrogen (secondary N) is 2. The normalized spacial score (nSPS) is 10.7. The van der Waals surface area contributed by atoms with Crippen LogP contribution >= 0.6 is 39.1 Å². The highest BCUT2D eigenvalue weighted by atomic mass is 79.9. The maximum atomic E-state index is 12.2.